The van der Waals surface area contributed by atoms with E-state index in [0.717, 1.165) is 0 Å². The minimum Gasteiger partial charge on any atom is -0.360 e. The van der Waals surface area contributed by atoms with Crippen LogP contribution in [0.25, 0.3) is 11.3 Å². The second-order valence-corrected chi connectivity index (χ2v) is 8.97. The minimum absolute atomic E-state index is 0.0369. The van der Waals surface area contributed by atoms with E-state index in [-0.39, 0.29) is 24.2 Å². The van der Waals surface area contributed by atoms with E-state index in [4.69, 9.17) is 16.1 Å². The highest BCUT2D eigenvalue weighted by atomic mass is 35.5. The summed E-state index contributed by atoms with van der Waals surface area (Å²) < 4.78 is 29.0. The van der Waals surface area contributed by atoms with Crippen LogP contribution in [0.3, 0.4) is 0 Å². The Morgan fingerprint density at radius 2 is 2.12 bits per heavy atom. The molecule has 2 aliphatic rings. The van der Waals surface area contributed by atoms with Gasteiger partial charge < -0.3 is 9.42 Å². The molecule has 1 aromatic carbocycles. The van der Waals surface area contributed by atoms with Gasteiger partial charge in [-0.15, -0.1) is 0 Å². The molecular formula is C16H15ClN2O4S. The summed E-state index contributed by atoms with van der Waals surface area (Å²) in [6.45, 7) is 1.91. The van der Waals surface area contributed by atoms with Crippen molar-refractivity contribution in [2.45, 2.75) is 24.6 Å². The molecule has 0 N–H and O–H groups in total. The Labute approximate surface area is 144 Å². The van der Waals surface area contributed by atoms with Crippen LogP contribution in [0.4, 0.5) is 0 Å². The van der Waals surface area contributed by atoms with Gasteiger partial charge in [0.05, 0.1) is 16.0 Å². The summed E-state index contributed by atoms with van der Waals surface area (Å²) >= 11 is 6.22. The standard InChI is InChI=1S/C16H15ClN2O4S/c1-9-14(15(18-23-9)12-4-2-3-5-13(12)17)16(20)19-7-11-6-10(19)8-24(11,21)22/h2-5,10-11H,6-8H2,1H3. The first-order valence-electron chi connectivity index (χ1n) is 7.62. The predicted molar refractivity (Wildman–Crippen MR) is 88.7 cm³/mol. The number of aromatic nitrogens is 1. The Hall–Kier alpha value is -1.86. The predicted octanol–water partition coefficient (Wildman–Crippen LogP) is 2.31. The lowest BCUT2D eigenvalue weighted by atomic mass is 10.0. The second-order valence-electron chi connectivity index (χ2n) is 6.24. The van der Waals surface area contributed by atoms with Gasteiger partial charge in [0.1, 0.15) is 17.0 Å². The lowest BCUT2D eigenvalue weighted by Crippen LogP contribution is -2.44. The first-order valence-corrected chi connectivity index (χ1v) is 9.71. The van der Waals surface area contributed by atoms with E-state index in [1.165, 1.54) is 0 Å². The van der Waals surface area contributed by atoms with Crippen LogP contribution in [0.15, 0.2) is 28.8 Å². The molecule has 2 atom stereocenters. The quantitative estimate of drug-likeness (QED) is 0.814. The molecule has 2 aromatic rings. The van der Waals surface area contributed by atoms with E-state index in [2.05, 4.69) is 5.16 Å². The third kappa shape index (κ3) is 2.26. The van der Waals surface area contributed by atoms with Crippen molar-refractivity contribution in [2.75, 3.05) is 12.3 Å². The lowest BCUT2D eigenvalue weighted by molar-refractivity contribution is 0.0745. The number of benzene rings is 1. The van der Waals surface area contributed by atoms with Crippen molar-refractivity contribution in [1.82, 2.24) is 10.1 Å². The van der Waals surface area contributed by atoms with Gasteiger partial charge in [-0.1, -0.05) is 35.0 Å². The van der Waals surface area contributed by atoms with Gasteiger partial charge >= 0.3 is 0 Å². The zero-order valence-electron chi connectivity index (χ0n) is 12.9. The summed E-state index contributed by atoms with van der Waals surface area (Å²) in [5.41, 5.74) is 1.37. The number of sulfone groups is 1. The van der Waals surface area contributed by atoms with Gasteiger partial charge in [0.15, 0.2) is 9.84 Å². The van der Waals surface area contributed by atoms with E-state index in [1.54, 1.807) is 30.0 Å². The molecule has 126 valence electrons. The summed E-state index contributed by atoms with van der Waals surface area (Å²) in [7, 11) is -3.06. The molecule has 0 radical (unpaired) electrons. The normalized spacial score (nSPS) is 24.5. The summed E-state index contributed by atoms with van der Waals surface area (Å²) in [6.07, 6.45) is 0.514. The van der Waals surface area contributed by atoms with Gasteiger partial charge in [-0.2, -0.15) is 0 Å². The maximum Gasteiger partial charge on any atom is 0.260 e. The maximum absolute atomic E-state index is 13.0. The van der Waals surface area contributed by atoms with E-state index in [1.807, 2.05) is 6.07 Å². The molecule has 4 rings (SSSR count). The fourth-order valence-corrected chi connectivity index (χ4v) is 5.80. The number of carbonyl (C=O) groups excluding carboxylic acids is 1. The van der Waals surface area contributed by atoms with Crippen molar-refractivity contribution in [2.24, 2.45) is 0 Å². The number of aryl methyl sites for hydroxylation is 1. The number of carbonyl (C=O) groups is 1. The number of hydrogen-bond donors (Lipinski definition) is 0. The van der Waals surface area contributed by atoms with Crippen LogP contribution in [0.5, 0.6) is 0 Å². The summed E-state index contributed by atoms with van der Waals surface area (Å²) in [5, 5.41) is 4.03. The average molecular weight is 367 g/mol. The number of fused-ring (bicyclic) bond motifs is 2. The molecule has 1 aromatic heterocycles. The smallest absolute Gasteiger partial charge is 0.260 e. The highest BCUT2D eigenvalue weighted by molar-refractivity contribution is 7.92. The minimum atomic E-state index is -3.06. The first-order chi connectivity index (χ1) is 11.4. The highest BCUT2D eigenvalue weighted by Gasteiger charge is 2.50. The molecule has 1 amide bonds. The SMILES string of the molecule is Cc1onc(-c2ccccc2Cl)c1C(=O)N1CC2CC1CS2(=O)=O. The topological polar surface area (TPSA) is 80.5 Å². The third-order valence-electron chi connectivity index (χ3n) is 4.78. The van der Waals surface area contributed by atoms with Crippen LogP contribution in [0.2, 0.25) is 5.02 Å². The van der Waals surface area contributed by atoms with Crippen LogP contribution in [0.1, 0.15) is 22.5 Å². The van der Waals surface area contributed by atoms with Gasteiger partial charge in [-0.25, -0.2) is 8.42 Å². The average Bonchev–Trinajstić information content (AvgIpc) is 3.18. The third-order valence-corrected chi connectivity index (χ3v) is 7.31. The van der Waals surface area contributed by atoms with Crippen molar-refractivity contribution in [3.63, 3.8) is 0 Å². The monoisotopic (exact) mass is 366 g/mol. The van der Waals surface area contributed by atoms with Crippen LogP contribution >= 0.6 is 11.6 Å². The molecule has 2 fully saturated rings. The van der Waals surface area contributed by atoms with Crippen molar-refractivity contribution in [3.8, 4) is 11.3 Å². The molecule has 2 unspecified atom stereocenters. The largest absolute Gasteiger partial charge is 0.360 e. The van der Waals surface area contributed by atoms with Gasteiger partial charge in [0.25, 0.3) is 5.91 Å². The second kappa shape index (κ2) is 5.32. The highest BCUT2D eigenvalue weighted by Crippen LogP contribution is 2.37. The number of halogens is 1. The number of likely N-dealkylation sites (tertiary alicyclic amines) is 1. The molecular weight excluding hydrogens is 352 g/mol. The molecule has 6 nitrogen and oxygen atoms in total. The van der Waals surface area contributed by atoms with Gasteiger partial charge in [0.2, 0.25) is 0 Å². The van der Waals surface area contributed by atoms with Gasteiger partial charge in [0, 0.05) is 18.2 Å². The van der Waals surface area contributed by atoms with E-state index in [0.29, 0.717) is 34.0 Å². The van der Waals surface area contributed by atoms with E-state index < -0.39 is 15.1 Å². The van der Waals surface area contributed by atoms with Crippen molar-refractivity contribution < 1.29 is 17.7 Å². The summed E-state index contributed by atoms with van der Waals surface area (Å²) in [6, 6.07) is 6.84. The summed E-state index contributed by atoms with van der Waals surface area (Å²) in [5.74, 6) is 0.196. The van der Waals surface area contributed by atoms with Crippen LogP contribution in [-0.4, -0.2) is 48.0 Å². The lowest BCUT2D eigenvalue weighted by Gasteiger charge is -2.26. The van der Waals surface area contributed by atoms with Crippen molar-refractivity contribution in [3.05, 3.63) is 40.6 Å². The van der Waals surface area contributed by atoms with Crippen molar-refractivity contribution in [1.29, 1.82) is 0 Å². The molecule has 3 heterocycles. The first kappa shape index (κ1) is 15.7. The Bertz CT molecular complexity index is 937. The fourth-order valence-electron chi connectivity index (χ4n) is 3.55. The zero-order chi connectivity index (χ0) is 17.1. The number of amides is 1. The Morgan fingerprint density at radius 3 is 2.75 bits per heavy atom. The van der Waals surface area contributed by atoms with Crippen molar-refractivity contribution >= 4 is 27.3 Å². The molecule has 2 aliphatic heterocycles. The van der Waals surface area contributed by atoms with E-state index >= 15 is 0 Å². The molecule has 2 bridgehead atoms. The fraction of sp³-hybridized carbons (Fsp3) is 0.375. The summed E-state index contributed by atoms with van der Waals surface area (Å²) in [4.78, 5) is 14.7. The van der Waals surface area contributed by atoms with Crippen LogP contribution in [0, 0.1) is 6.92 Å². The zero-order valence-corrected chi connectivity index (χ0v) is 14.5. The Morgan fingerprint density at radius 1 is 1.38 bits per heavy atom. The van der Waals surface area contributed by atoms with Gasteiger partial charge in [-0.3, -0.25) is 4.79 Å². The Balaban J connectivity index is 1.73. The molecule has 0 saturated carbocycles. The van der Waals surface area contributed by atoms with Crippen LogP contribution < -0.4 is 0 Å². The molecule has 0 spiro atoms. The van der Waals surface area contributed by atoms with Gasteiger partial charge in [-0.05, 0) is 19.4 Å². The maximum atomic E-state index is 13.0. The molecule has 0 aliphatic carbocycles. The molecule has 24 heavy (non-hydrogen) atoms. The number of rotatable bonds is 2. The molecule has 2 saturated heterocycles. The molecule has 8 heteroatoms. The number of hydrogen-bond acceptors (Lipinski definition) is 5. The Kier molecular flexibility index (Phi) is 3.47. The van der Waals surface area contributed by atoms with Crippen LogP contribution in [-0.2, 0) is 9.84 Å². The number of nitrogens with zero attached hydrogens (tertiary/aromatic N) is 2. The van der Waals surface area contributed by atoms with E-state index in [9.17, 15) is 13.2 Å².